The molecule has 1 saturated heterocycles. The second-order valence-corrected chi connectivity index (χ2v) is 9.29. The molecule has 0 spiro atoms. The van der Waals surface area contributed by atoms with Gasteiger partial charge in [0.2, 0.25) is 17.7 Å². The van der Waals surface area contributed by atoms with Gasteiger partial charge in [0.15, 0.2) is 5.96 Å². The number of hydrogen-bond donors (Lipinski definition) is 7. The van der Waals surface area contributed by atoms with E-state index in [1.54, 1.807) is 0 Å². The number of aromatic amines is 1. The molecule has 0 aliphatic carbocycles. The minimum Gasteiger partial charge on any atom is -0.480 e. The van der Waals surface area contributed by atoms with Gasteiger partial charge in [-0.05, 0) is 31.6 Å². The average Bonchev–Trinajstić information content (AvgIpc) is 3.56. The zero-order valence-corrected chi connectivity index (χ0v) is 21.4. The third-order valence-corrected chi connectivity index (χ3v) is 6.55. The fourth-order valence-electron chi connectivity index (χ4n) is 4.13. The van der Waals surface area contributed by atoms with Crippen LogP contribution in [0.3, 0.4) is 0 Å². The van der Waals surface area contributed by atoms with E-state index in [2.05, 4.69) is 25.6 Å². The topological polar surface area (TPSA) is 235 Å². The lowest BCUT2D eigenvalue weighted by molar-refractivity contribution is -0.149. The first-order chi connectivity index (χ1) is 17.5. The number of aromatic nitrogens is 2. The van der Waals surface area contributed by atoms with E-state index in [1.807, 2.05) is 13.8 Å². The van der Waals surface area contributed by atoms with Crippen molar-refractivity contribution < 1.29 is 24.3 Å². The Morgan fingerprint density at radius 2 is 1.95 bits per heavy atom. The molecule has 0 bridgehead atoms. The minimum absolute atomic E-state index is 0.0640. The summed E-state index contributed by atoms with van der Waals surface area (Å²) in [5, 5.41) is 14.9. The zero-order chi connectivity index (χ0) is 27.5. The molecule has 10 N–H and O–H groups in total. The van der Waals surface area contributed by atoms with Crippen molar-refractivity contribution in [2.24, 2.45) is 28.1 Å². The number of nitrogens with one attached hydrogen (secondary N) is 3. The standard InChI is InChI=1S/C23H39N9O5/c1-3-13(2)18(24)20(34)30-15(6-4-8-28-23(25)26)19(33)31-16(10-14-11-27-12-29-14)21(35)32-9-5-7-17(32)22(36)37/h11-13,15-18H,3-10,24H2,1-2H3,(H,27,29)(H,30,34)(H,31,33)(H,36,37)(H4,25,26,28)/t13-,15-,16-,17-,18-/m0/s1. The molecule has 1 aromatic heterocycles. The molecule has 1 aromatic rings. The minimum atomic E-state index is -1.10. The van der Waals surface area contributed by atoms with E-state index in [0.29, 0.717) is 31.4 Å². The van der Waals surface area contributed by atoms with E-state index in [9.17, 15) is 24.3 Å². The number of aliphatic carboxylic acids is 1. The number of hydrogen-bond acceptors (Lipinski definition) is 7. The normalized spacial score (nSPS) is 18.4. The Morgan fingerprint density at radius 1 is 1.24 bits per heavy atom. The van der Waals surface area contributed by atoms with Crippen LogP contribution in [-0.4, -0.2) is 86.9 Å². The van der Waals surface area contributed by atoms with Crippen molar-refractivity contribution in [3.63, 3.8) is 0 Å². The molecule has 206 valence electrons. The maximum atomic E-state index is 13.4. The van der Waals surface area contributed by atoms with Crippen molar-refractivity contribution in [1.82, 2.24) is 25.5 Å². The van der Waals surface area contributed by atoms with Crippen molar-refractivity contribution in [1.29, 1.82) is 0 Å². The molecule has 0 radical (unpaired) electrons. The Bertz CT molecular complexity index is 948. The highest BCUT2D eigenvalue weighted by atomic mass is 16.4. The second kappa shape index (κ2) is 14.2. The summed E-state index contributed by atoms with van der Waals surface area (Å²) < 4.78 is 0. The van der Waals surface area contributed by atoms with Crippen molar-refractivity contribution in [3.8, 4) is 0 Å². The van der Waals surface area contributed by atoms with Crippen molar-refractivity contribution in [2.75, 3.05) is 13.1 Å². The van der Waals surface area contributed by atoms with Crippen molar-refractivity contribution in [3.05, 3.63) is 18.2 Å². The molecular weight excluding hydrogens is 482 g/mol. The van der Waals surface area contributed by atoms with Crippen LogP contribution in [0.4, 0.5) is 0 Å². The number of nitrogens with zero attached hydrogens (tertiary/aromatic N) is 3. The molecule has 5 atom stereocenters. The number of guanidine groups is 1. The van der Waals surface area contributed by atoms with Gasteiger partial charge in [-0.3, -0.25) is 19.4 Å². The number of nitrogens with two attached hydrogens (primary N) is 3. The highest BCUT2D eigenvalue weighted by Crippen LogP contribution is 2.19. The van der Waals surface area contributed by atoms with Gasteiger partial charge in [-0.2, -0.15) is 0 Å². The summed E-state index contributed by atoms with van der Waals surface area (Å²) in [5.41, 5.74) is 17.4. The highest BCUT2D eigenvalue weighted by Gasteiger charge is 2.38. The first-order valence-corrected chi connectivity index (χ1v) is 12.5. The van der Waals surface area contributed by atoms with Gasteiger partial charge in [0.1, 0.15) is 18.1 Å². The predicted octanol–water partition coefficient (Wildman–Crippen LogP) is -1.58. The van der Waals surface area contributed by atoms with Crippen LogP contribution in [0.5, 0.6) is 0 Å². The third kappa shape index (κ3) is 8.74. The molecular formula is C23H39N9O5. The summed E-state index contributed by atoms with van der Waals surface area (Å²) in [4.78, 5) is 63.2. The molecule has 1 aliphatic rings. The maximum Gasteiger partial charge on any atom is 0.326 e. The lowest BCUT2D eigenvalue weighted by Gasteiger charge is -2.29. The Labute approximate surface area is 215 Å². The van der Waals surface area contributed by atoms with E-state index in [0.717, 1.165) is 0 Å². The van der Waals surface area contributed by atoms with E-state index in [1.165, 1.54) is 17.4 Å². The SMILES string of the molecule is CC[C@H](C)[C@H](N)C(=O)N[C@@H](CCCN=C(N)N)C(=O)N[C@@H](Cc1cnc[nH]1)C(=O)N1CCC[C@H]1C(=O)O. The monoisotopic (exact) mass is 521 g/mol. The summed E-state index contributed by atoms with van der Waals surface area (Å²) in [6.45, 7) is 4.26. The number of likely N-dealkylation sites (tertiary alicyclic amines) is 1. The first-order valence-electron chi connectivity index (χ1n) is 12.5. The molecule has 0 unspecified atom stereocenters. The number of rotatable bonds is 14. The van der Waals surface area contributed by atoms with Gasteiger partial charge in [-0.25, -0.2) is 9.78 Å². The number of imidazole rings is 1. The molecule has 37 heavy (non-hydrogen) atoms. The molecule has 1 aliphatic heterocycles. The maximum absolute atomic E-state index is 13.4. The van der Waals surface area contributed by atoms with Gasteiger partial charge in [0, 0.05) is 31.4 Å². The fourth-order valence-corrected chi connectivity index (χ4v) is 4.13. The van der Waals surface area contributed by atoms with Gasteiger partial charge >= 0.3 is 5.97 Å². The van der Waals surface area contributed by atoms with E-state index in [-0.39, 0.29) is 37.8 Å². The van der Waals surface area contributed by atoms with Crippen LogP contribution in [0, 0.1) is 5.92 Å². The molecule has 14 heteroatoms. The van der Waals surface area contributed by atoms with Crippen LogP contribution < -0.4 is 27.8 Å². The van der Waals surface area contributed by atoms with E-state index >= 15 is 0 Å². The number of carbonyl (C=O) groups excluding carboxylic acids is 3. The Kier molecular flexibility index (Phi) is 11.3. The van der Waals surface area contributed by atoms with Crippen LogP contribution in [0.1, 0.15) is 51.6 Å². The van der Waals surface area contributed by atoms with Gasteiger partial charge in [0.25, 0.3) is 0 Å². The largest absolute Gasteiger partial charge is 0.480 e. The third-order valence-electron chi connectivity index (χ3n) is 6.55. The van der Waals surface area contributed by atoms with Crippen LogP contribution in [0.25, 0.3) is 0 Å². The Hall–Kier alpha value is -3.68. The molecule has 2 rings (SSSR count). The molecule has 2 heterocycles. The molecule has 0 saturated carbocycles. The van der Waals surface area contributed by atoms with Crippen LogP contribution in [0.2, 0.25) is 0 Å². The number of amides is 3. The number of aliphatic imine (C=N–C) groups is 1. The van der Waals surface area contributed by atoms with Gasteiger partial charge in [-0.1, -0.05) is 20.3 Å². The molecule has 0 aromatic carbocycles. The van der Waals surface area contributed by atoms with Gasteiger partial charge < -0.3 is 42.8 Å². The lowest BCUT2D eigenvalue weighted by Crippen LogP contribution is -2.58. The summed E-state index contributed by atoms with van der Waals surface area (Å²) >= 11 is 0. The molecule has 3 amide bonds. The summed E-state index contributed by atoms with van der Waals surface area (Å²) in [6.07, 6.45) is 5.15. The smallest absolute Gasteiger partial charge is 0.326 e. The summed E-state index contributed by atoms with van der Waals surface area (Å²) in [6, 6.07) is -3.87. The quantitative estimate of drug-likeness (QED) is 0.0848. The average molecular weight is 522 g/mol. The lowest BCUT2D eigenvalue weighted by atomic mass is 9.98. The van der Waals surface area contributed by atoms with Gasteiger partial charge in [-0.15, -0.1) is 0 Å². The van der Waals surface area contributed by atoms with Crippen molar-refractivity contribution >= 4 is 29.7 Å². The van der Waals surface area contributed by atoms with Gasteiger partial charge in [0.05, 0.1) is 12.4 Å². The molecule has 14 nitrogen and oxygen atoms in total. The highest BCUT2D eigenvalue weighted by molar-refractivity contribution is 5.94. The number of H-pyrrole nitrogens is 1. The van der Waals surface area contributed by atoms with Crippen LogP contribution >= 0.6 is 0 Å². The van der Waals surface area contributed by atoms with E-state index in [4.69, 9.17) is 17.2 Å². The zero-order valence-electron chi connectivity index (χ0n) is 21.4. The van der Waals surface area contributed by atoms with Crippen molar-refractivity contribution in [2.45, 2.75) is 76.5 Å². The number of carboxylic acid groups (broad SMARTS) is 1. The molecule has 1 fully saturated rings. The van der Waals surface area contributed by atoms with Crippen LogP contribution in [0.15, 0.2) is 17.5 Å². The number of carbonyl (C=O) groups is 4. The predicted molar refractivity (Wildman–Crippen MR) is 136 cm³/mol. The summed E-state index contributed by atoms with van der Waals surface area (Å²) in [7, 11) is 0. The van der Waals surface area contributed by atoms with Crippen LogP contribution in [-0.2, 0) is 25.6 Å². The first kappa shape index (κ1) is 29.5. The Morgan fingerprint density at radius 3 is 2.54 bits per heavy atom. The second-order valence-electron chi connectivity index (χ2n) is 9.29. The van der Waals surface area contributed by atoms with E-state index < -0.39 is 47.9 Å². The Balaban J connectivity index is 2.23. The summed E-state index contributed by atoms with van der Waals surface area (Å²) in [5.74, 6) is -2.90. The fraction of sp³-hybridized carbons (Fsp3) is 0.652. The number of carboxylic acids is 1.